The molecule has 1 aromatic heterocycles. The van der Waals surface area contributed by atoms with Crippen molar-refractivity contribution < 1.29 is 4.79 Å². The molecule has 0 saturated heterocycles. The summed E-state index contributed by atoms with van der Waals surface area (Å²) in [6.45, 7) is 2.23. The molecule has 0 fully saturated rings. The lowest BCUT2D eigenvalue weighted by atomic mass is 10.1. The fourth-order valence-electron chi connectivity index (χ4n) is 2.30. The molecule has 24 heavy (non-hydrogen) atoms. The number of hydrogen-bond donors (Lipinski definition) is 0. The SMILES string of the molecule is C#CCn1c(=NC(=O)c2ccc(C)cc2)sc2cc(Cl)cc(Cl)c21. The number of terminal acetylenes is 1. The van der Waals surface area contributed by atoms with Crippen LogP contribution >= 0.6 is 34.5 Å². The minimum Gasteiger partial charge on any atom is -0.303 e. The van der Waals surface area contributed by atoms with Gasteiger partial charge in [-0.15, -0.1) is 6.42 Å². The van der Waals surface area contributed by atoms with E-state index in [1.54, 1.807) is 28.8 Å². The number of fused-ring (bicyclic) bond motifs is 1. The molecule has 0 saturated carbocycles. The predicted octanol–water partition coefficient (Wildman–Crippen LogP) is 4.69. The maximum Gasteiger partial charge on any atom is 0.279 e. The largest absolute Gasteiger partial charge is 0.303 e. The van der Waals surface area contributed by atoms with Crippen molar-refractivity contribution in [2.45, 2.75) is 13.5 Å². The van der Waals surface area contributed by atoms with Crippen LogP contribution in [0.15, 0.2) is 41.4 Å². The lowest BCUT2D eigenvalue weighted by molar-refractivity contribution is 0.0998. The molecule has 0 aliphatic heterocycles. The van der Waals surface area contributed by atoms with Gasteiger partial charge in [0.15, 0.2) is 4.80 Å². The number of rotatable bonds is 2. The summed E-state index contributed by atoms with van der Waals surface area (Å²) in [5.41, 5.74) is 2.34. The molecule has 1 amide bonds. The van der Waals surface area contributed by atoms with Gasteiger partial charge in [-0.05, 0) is 31.2 Å². The van der Waals surface area contributed by atoms with E-state index < -0.39 is 0 Å². The molecule has 0 aliphatic carbocycles. The second-order valence-corrected chi connectivity index (χ2v) is 7.04. The first-order valence-electron chi connectivity index (χ1n) is 7.07. The Hall–Kier alpha value is -2.06. The Balaban J connectivity index is 2.19. The average molecular weight is 375 g/mol. The van der Waals surface area contributed by atoms with Gasteiger partial charge in [-0.1, -0.05) is 58.2 Å². The Labute approximate surface area is 153 Å². The van der Waals surface area contributed by atoms with Gasteiger partial charge >= 0.3 is 0 Å². The molecule has 0 bridgehead atoms. The fourth-order valence-corrected chi connectivity index (χ4v) is 4.11. The summed E-state index contributed by atoms with van der Waals surface area (Å²) in [4.78, 5) is 17.2. The number of carbonyl (C=O) groups is 1. The number of nitrogens with zero attached hydrogens (tertiary/aromatic N) is 2. The molecule has 0 spiro atoms. The first-order valence-corrected chi connectivity index (χ1v) is 8.64. The third-order valence-electron chi connectivity index (χ3n) is 3.44. The van der Waals surface area contributed by atoms with Gasteiger partial charge in [0.25, 0.3) is 5.91 Å². The summed E-state index contributed by atoms with van der Waals surface area (Å²) in [5.74, 6) is 2.25. The van der Waals surface area contributed by atoms with Crippen LogP contribution in [-0.2, 0) is 6.54 Å². The first kappa shape index (κ1) is 16.8. The summed E-state index contributed by atoms with van der Waals surface area (Å²) in [5, 5.41) is 1.01. The molecule has 3 aromatic rings. The van der Waals surface area contributed by atoms with Crippen LogP contribution in [0.1, 0.15) is 15.9 Å². The Bertz CT molecular complexity index is 1040. The molecule has 0 aliphatic rings. The molecule has 0 atom stereocenters. The van der Waals surface area contributed by atoms with Crippen LogP contribution in [0.4, 0.5) is 0 Å². The van der Waals surface area contributed by atoms with E-state index >= 15 is 0 Å². The molecular weight excluding hydrogens is 363 g/mol. The number of aryl methyl sites for hydroxylation is 1. The zero-order valence-electron chi connectivity index (χ0n) is 12.7. The van der Waals surface area contributed by atoms with Crippen LogP contribution in [0.3, 0.4) is 0 Å². The van der Waals surface area contributed by atoms with Gasteiger partial charge in [0.1, 0.15) is 0 Å². The maximum absolute atomic E-state index is 12.4. The van der Waals surface area contributed by atoms with Crippen LogP contribution in [0.2, 0.25) is 10.0 Å². The van der Waals surface area contributed by atoms with E-state index in [1.165, 1.54) is 11.3 Å². The Kier molecular flexibility index (Phi) is 4.77. The van der Waals surface area contributed by atoms with Crippen molar-refractivity contribution in [3.63, 3.8) is 0 Å². The van der Waals surface area contributed by atoms with E-state index in [2.05, 4.69) is 10.9 Å². The number of aromatic nitrogens is 1. The molecule has 3 nitrogen and oxygen atoms in total. The minimum atomic E-state index is -0.324. The number of hydrogen-bond acceptors (Lipinski definition) is 2. The predicted molar refractivity (Wildman–Crippen MR) is 99.7 cm³/mol. The van der Waals surface area contributed by atoms with Crippen molar-refractivity contribution in [1.29, 1.82) is 0 Å². The topological polar surface area (TPSA) is 34.4 Å². The zero-order chi connectivity index (χ0) is 17.3. The molecule has 0 unspecified atom stereocenters. The minimum absolute atomic E-state index is 0.265. The van der Waals surface area contributed by atoms with E-state index in [9.17, 15) is 4.79 Å². The molecule has 120 valence electrons. The highest BCUT2D eigenvalue weighted by Gasteiger charge is 2.12. The third kappa shape index (κ3) is 3.25. The highest BCUT2D eigenvalue weighted by molar-refractivity contribution is 7.16. The van der Waals surface area contributed by atoms with Crippen LogP contribution in [-0.4, -0.2) is 10.5 Å². The van der Waals surface area contributed by atoms with Crippen LogP contribution in [0, 0.1) is 19.3 Å². The first-order chi connectivity index (χ1) is 11.5. The summed E-state index contributed by atoms with van der Waals surface area (Å²) < 4.78 is 2.59. The number of benzene rings is 2. The van der Waals surface area contributed by atoms with Crippen LogP contribution in [0.5, 0.6) is 0 Å². The normalized spacial score (nSPS) is 11.7. The zero-order valence-corrected chi connectivity index (χ0v) is 15.0. The molecule has 6 heteroatoms. The van der Waals surface area contributed by atoms with Crippen molar-refractivity contribution in [3.05, 3.63) is 62.4 Å². The average Bonchev–Trinajstić information content (AvgIpc) is 2.85. The summed E-state index contributed by atoms with van der Waals surface area (Å²) in [6, 6.07) is 10.7. The van der Waals surface area contributed by atoms with Crippen molar-refractivity contribution in [1.82, 2.24) is 4.57 Å². The van der Waals surface area contributed by atoms with Crippen molar-refractivity contribution in [2.24, 2.45) is 4.99 Å². The van der Waals surface area contributed by atoms with Crippen LogP contribution in [0.25, 0.3) is 10.2 Å². The van der Waals surface area contributed by atoms with E-state index in [-0.39, 0.29) is 12.5 Å². The van der Waals surface area contributed by atoms with E-state index in [0.717, 1.165) is 15.8 Å². The Morgan fingerprint density at radius 2 is 2.00 bits per heavy atom. The molecule has 0 radical (unpaired) electrons. The lowest BCUT2D eigenvalue weighted by Crippen LogP contribution is -2.16. The molecule has 2 aromatic carbocycles. The highest BCUT2D eigenvalue weighted by Crippen LogP contribution is 2.29. The second kappa shape index (κ2) is 6.82. The monoisotopic (exact) mass is 374 g/mol. The van der Waals surface area contributed by atoms with E-state index in [4.69, 9.17) is 29.6 Å². The Morgan fingerprint density at radius 3 is 2.67 bits per heavy atom. The van der Waals surface area contributed by atoms with Gasteiger partial charge in [0.05, 0.1) is 21.8 Å². The third-order valence-corrected chi connectivity index (χ3v) is 4.97. The standard InChI is InChI=1S/C18H12Cl2N2OS/c1-3-8-22-16-14(20)9-13(19)10-15(16)24-18(22)21-17(23)12-6-4-11(2)5-7-12/h1,4-7,9-10H,8H2,2H3. The summed E-state index contributed by atoms with van der Waals surface area (Å²) in [7, 11) is 0. The number of thiazole rings is 1. The molecule has 0 N–H and O–H groups in total. The van der Waals surface area contributed by atoms with Gasteiger partial charge in [-0.25, -0.2) is 0 Å². The highest BCUT2D eigenvalue weighted by atomic mass is 35.5. The maximum atomic E-state index is 12.4. The van der Waals surface area contributed by atoms with Crippen LogP contribution < -0.4 is 4.80 Å². The summed E-state index contributed by atoms with van der Waals surface area (Å²) in [6.07, 6.45) is 5.46. The van der Waals surface area contributed by atoms with Gasteiger partial charge < -0.3 is 4.57 Å². The van der Waals surface area contributed by atoms with Crippen molar-refractivity contribution >= 4 is 50.7 Å². The molecular formula is C18H12Cl2N2OS. The quantitative estimate of drug-likeness (QED) is 0.599. The smallest absolute Gasteiger partial charge is 0.279 e. The second-order valence-electron chi connectivity index (χ2n) is 5.19. The van der Waals surface area contributed by atoms with Gasteiger partial charge in [-0.3, -0.25) is 4.79 Å². The fraction of sp³-hybridized carbons (Fsp3) is 0.111. The number of carbonyl (C=O) groups excluding carboxylic acids is 1. The molecule has 1 heterocycles. The molecule has 3 rings (SSSR count). The van der Waals surface area contributed by atoms with E-state index in [1.807, 2.05) is 19.1 Å². The van der Waals surface area contributed by atoms with Crippen molar-refractivity contribution in [3.8, 4) is 12.3 Å². The van der Waals surface area contributed by atoms with Gasteiger partial charge in [-0.2, -0.15) is 4.99 Å². The summed E-state index contributed by atoms with van der Waals surface area (Å²) >= 11 is 13.7. The Morgan fingerprint density at radius 1 is 1.29 bits per heavy atom. The van der Waals surface area contributed by atoms with Crippen molar-refractivity contribution in [2.75, 3.05) is 0 Å². The number of halogens is 2. The van der Waals surface area contributed by atoms with E-state index in [0.29, 0.717) is 20.4 Å². The van der Waals surface area contributed by atoms with Gasteiger partial charge in [0.2, 0.25) is 0 Å². The van der Waals surface area contributed by atoms with Gasteiger partial charge in [0, 0.05) is 10.6 Å². The number of amides is 1. The lowest BCUT2D eigenvalue weighted by Gasteiger charge is -2.02.